The second-order valence-electron chi connectivity index (χ2n) is 6.27. The van der Waals surface area contributed by atoms with Crippen LogP contribution in [0.25, 0.3) is 0 Å². The number of carbonyl (C=O) groups is 1. The summed E-state index contributed by atoms with van der Waals surface area (Å²) in [5, 5.41) is 8.98. The van der Waals surface area contributed by atoms with Gasteiger partial charge in [-0.1, -0.05) is 49.2 Å². The summed E-state index contributed by atoms with van der Waals surface area (Å²) in [7, 11) is 1.93. The molecule has 1 saturated carbocycles. The quantitative estimate of drug-likeness (QED) is 0.778. The molecule has 24 heavy (non-hydrogen) atoms. The smallest absolute Gasteiger partial charge is 0.237 e. The van der Waals surface area contributed by atoms with Crippen LogP contribution in [0.5, 0.6) is 0 Å². The molecule has 1 aliphatic rings. The molecule has 0 radical (unpaired) electrons. The zero-order chi connectivity index (χ0) is 16.9. The molecule has 1 fully saturated rings. The molecule has 0 aliphatic heterocycles. The summed E-state index contributed by atoms with van der Waals surface area (Å²) in [6.45, 7) is 1.91. The molecule has 2 aromatic rings. The van der Waals surface area contributed by atoms with Gasteiger partial charge in [0.25, 0.3) is 0 Å². The van der Waals surface area contributed by atoms with Crippen LogP contribution in [0.15, 0.2) is 35.5 Å². The largest absolute Gasteiger partial charge is 0.309 e. The zero-order valence-corrected chi connectivity index (χ0v) is 15.1. The Morgan fingerprint density at radius 1 is 1.21 bits per heavy atom. The first-order chi connectivity index (χ1) is 11.7. The van der Waals surface area contributed by atoms with E-state index in [0.717, 1.165) is 29.5 Å². The molecule has 1 aliphatic carbocycles. The number of aromatic nitrogens is 3. The van der Waals surface area contributed by atoms with Gasteiger partial charge in [-0.15, -0.1) is 10.2 Å². The van der Waals surface area contributed by atoms with Crippen LogP contribution in [0.3, 0.4) is 0 Å². The second-order valence-corrected chi connectivity index (χ2v) is 7.21. The molecule has 6 heteroatoms. The first-order valence-corrected chi connectivity index (χ1v) is 9.51. The number of thioether (sulfide) groups is 1. The van der Waals surface area contributed by atoms with Gasteiger partial charge >= 0.3 is 0 Å². The molecule has 3 rings (SSSR count). The van der Waals surface area contributed by atoms with Gasteiger partial charge in [0.2, 0.25) is 5.91 Å². The van der Waals surface area contributed by atoms with Crippen LogP contribution in [-0.4, -0.2) is 32.5 Å². The third-order valence-electron chi connectivity index (χ3n) is 4.62. The number of benzene rings is 1. The van der Waals surface area contributed by atoms with Gasteiger partial charge in [0, 0.05) is 18.8 Å². The molecule has 0 saturated heterocycles. The number of aryl methyl sites for hydroxylation is 1. The van der Waals surface area contributed by atoms with E-state index in [9.17, 15) is 4.79 Å². The maximum absolute atomic E-state index is 13.0. The Morgan fingerprint density at radius 2 is 1.92 bits per heavy atom. The summed E-state index contributed by atoms with van der Waals surface area (Å²) < 4.78 is 1.92. The van der Waals surface area contributed by atoms with Crippen LogP contribution < -0.4 is 4.90 Å². The van der Waals surface area contributed by atoms with Crippen molar-refractivity contribution in [1.29, 1.82) is 0 Å². The highest BCUT2D eigenvalue weighted by molar-refractivity contribution is 7.99. The highest BCUT2D eigenvalue weighted by Gasteiger charge is 2.27. The molecule has 1 aromatic carbocycles. The van der Waals surface area contributed by atoms with Crippen molar-refractivity contribution in [1.82, 2.24) is 14.8 Å². The maximum Gasteiger partial charge on any atom is 0.237 e. The van der Waals surface area contributed by atoms with E-state index in [-0.39, 0.29) is 5.91 Å². The van der Waals surface area contributed by atoms with Crippen LogP contribution in [0.1, 0.15) is 37.9 Å². The normalized spacial score (nSPS) is 15.4. The van der Waals surface area contributed by atoms with E-state index in [1.807, 2.05) is 53.8 Å². The van der Waals surface area contributed by atoms with Crippen LogP contribution in [-0.2, 0) is 11.8 Å². The highest BCUT2D eigenvalue weighted by Crippen LogP contribution is 2.28. The minimum atomic E-state index is 0.152. The minimum absolute atomic E-state index is 0.152. The number of anilines is 1. The van der Waals surface area contributed by atoms with Gasteiger partial charge in [-0.05, 0) is 31.9 Å². The summed E-state index contributed by atoms with van der Waals surface area (Å²) in [6, 6.07) is 10.4. The Balaban J connectivity index is 1.74. The molecule has 5 nitrogen and oxygen atoms in total. The van der Waals surface area contributed by atoms with Crippen LogP contribution in [0.4, 0.5) is 5.69 Å². The molecule has 0 bridgehead atoms. The van der Waals surface area contributed by atoms with Crippen molar-refractivity contribution in [2.45, 2.75) is 50.2 Å². The standard InChI is InChI=1S/C18H24N4OS/c1-14-19-20-18(21(14)2)24-13-17(23)22(15-9-5-3-6-10-15)16-11-7-4-8-12-16/h3,5-6,9-10,16H,4,7-8,11-13H2,1-2H3. The molecule has 0 unspecified atom stereocenters. The Kier molecular flexibility index (Phi) is 5.56. The average molecular weight is 344 g/mol. The van der Waals surface area contributed by atoms with Gasteiger partial charge in [-0.2, -0.15) is 0 Å². The van der Waals surface area contributed by atoms with Gasteiger partial charge < -0.3 is 9.47 Å². The molecule has 128 valence electrons. The van der Waals surface area contributed by atoms with Crippen molar-refractivity contribution in [2.24, 2.45) is 7.05 Å². The van der Waals surface area contributed by atoms with Gasteiger partial charge in [0.05, 0.1) is 5.75 Å². The van der Waals surface area contributed by atoms with Crippen molar-refractivity contribution < 1.29 is 4.79 Å². The highest BCUT2D eigenvalue weighted by atomic mass is 32.2. The van der Waals surface area contributed by atoms with E-state index >= 15 is 0 Å². The topological polar surface area (TPSA) is 51.0 Å². The number of nitrogens with zero attached hydrogens (tertiary/aromatic N) is 4. The van der Waals surface area contributed by atoms with E-state index in [0.29, 0.717) is 11.8 Å². The van der Waals surface area contributed by atoms with Gasteiger partial charge in [0.15, 0.2) is 5.16 Å². The predicted molar refractivity (Wildman–Crippen MR) is 97.3 cm³/mol. The molecular formula is C18H24N4OS. The lowest BCUT2D eigenvalue weighted by Crippen LogP contribution is -2.42. The average Bonchev–Trinajstić information content (AvgIpc) is 2.94. The van der Waals surface area contributed by atoms with E-state index in [2.05, 4.69) is 10.2 Å². The maximum atomic E-state index is 13.0. The fraction of sp³-hybridized carbons (Fsp3) is 0.500. The van der Waals surface area contributed by atoms with Crippen molar-refractivity contribution >= 4 is 23.4 Å². The molecule has 1 heterocycles. The number of para-hydroxylation sites is 1. The van der Waals surface area contributed by atoms with Crippen molar-refractivity contribution in [3.63, 3.8) is 0 Å². The Morgan fingerprint density at radius 3 is 2.54 bits per heavy atom. The fourth-order valence-electron chi connectivity index (χ4n) is 3.20. The van der Waals surface area contributed by atoms with E-state index in [4.69, 9.17) is 0 Å². The summed E-state index contributed by atoms with van der Waals surface area (Å²) in [4.78, 5) is 15.0. The van der Waals surface area contributed by atoms with Gasteiger partial charge in [-0.25, -0.2) is 0 Å². The molecule has 1 amide bonds. The van der Waals surface area contributed by atoms with E-state index in [1.54, 1.807) is 0 Å². The van der Waals surface area contributed by atoms with Crippen molar-refractivity contribution in [3.8, 4) is 0 Å². The molecule has 0 N–H and O–H groups in total. The number of hydrogen-bond acceptors (Lipinski definition) is 4. The SMILES string of the molecule is Cc1nnc(SCC(=O)N(c2ccccc2)C2CCCCC2)n1C. The summed E-state index contributed by atoms with van der Waals surface area (Å²) >= 11 is 1.46. The third-order valence-corrected chi connectivity index (χ3v) is 5.63. The number of hydrogen-bond donors (Lipinski definition) is 0. The lowest BCUT2D eigenvalue weighted by atomic mass is 9.93. The van der Waals surface area contributed by atoms with E-state index < -0.39 is 0 Å². The first-order valence-electron chi connectivity index (χ1n) is 8.52. The number of rotatable bonds is 5. The van der Waals surface area contributed by atoms with Crippen molar-refractivity contribution in [2.75, 3.05) is 10.7 Å². The number of amides is 1. The second kappa shape index (κ2) is 7.83. The Labute approximate surface area is 147 Å². The molecule has 0 atom stereocenters. The predicted octanol–water partition coefficient (Wildman–Crippen LogP) is 3.58. The monoisotopic (exact) mass is 344 g/mol. The summed E-state index contributed by atoms with van der Waals surface area (Å²) in [5.41, 5.74) is 1.00. The van der Waals surface area contributed by atoms with Gasteiger partial charge in [0.1, 0.15) is 5.82 Å². The first kappa shape index (κ1) is 17.0. The third kappa shape index (κ3) is 3.80. The lowest BCUT2D eigenvalue weighted by Gasteiger charge is -2.34. The van der Waals surface area contributed by atoms with E-state index in [1.165, 1.54) is 31.0 Å². The fourth-order valence-corrected chi connectivity index (χ4v) is 4.01. The number of carbonyl (C=O) groups excluding carboxylic acids is 1. The zero-order valence-electron chi connectivity index (χ0n) is 14.3. The molecule has 0 spiro atoms. The van der Waals surface area contributed by atoms with Crippen molar-refractivity contribution in [3.05, 3.63) is 36.2 Å². The van der Waals surface area contributed by atoms with Crippen LogP contribution in [0, 0.1) is 6.92 Å². The minimum Gasteiger partial charge on any atom is -0.309 e. The van der Waals surface area contributed by atoms with Crippen LogP contribution in [0.2, 0.25) is 0 Å². The summed E-state index contributed by atoms with van der Waals surface area (Å²) in [6.07, 6.45) is 5.87. The Hall–Kier alpha value is -1.82. The molecular weight excluding hydrogens is 320 g/mol. The Bertz CT molecular complexity index is 680. The molecule has 1 aromatic heterocycles. The lowest BCUT2D eigenvalue weighted by molar-refractivity contribution is -0.116. The summed E-state index contributed by atoms with van der Waals surface area (Å²) in [5.74, 6) is 1.40. The van der Waals surface area contributed by atoms with Gasteiger partial charge in [-0.3, -0.25) is 4.79 Å². The van der Waals surface area contributed by atoms with Crippen LogP contribution >= 0.6 is 11.8 Å².